The molecule has 0 bridgehead atoms. The third-order valence-corrected chi connectivity index (χ3v) is 3.86. The smallest absolute Gasteiger partial charge is 0.253 e. The van der Waals surface area contributed by atoms with E-state index in [0.29, 0.717) is 18.7 Å². The molecule has 1 aromatic rings. The molecule has 1 aliphatic carbocycles. The molecule has 0 heterocycles. The zero-order chi connectivity index (χ0) is 15.3. The number of hydrogen-bond donors (Lipinski definition) is 2. The van der Waals surface area contributed by atoms with Crippen LogP contribution in [-0.4, -0.2) is 41.7 Å². The average molecular weight is 286 g/mol. The maximum absolute atomic E-state index is 12.4. The first-order valence-corrected chi connectivity index (χ1v) is 7.31. The fraction of sp³-hybridized carbons (Fsp3) is 0.471. The molecule has 1 saturated carbocycles. The number of amides is 1. The van der Waals surface area contributed by atoms with Crippen molar-refractivity contribution in [1.29, 1.82) is 0 Å². The van der Waals surface area contributed by atoms with Gasteiger partial charge in [0.1, 0.15) is 0 Å². The highest BCUT2D eigenvalue weighted by molar-refractivity contribution is 5.94. The summed E-state index contributed by atoms with van der Waals surface area (Å²) < 4.78 is 0. The second-order valence-electron chi connectivity index (χ2n) is 5.68. The van der Waals surface area contributed by atoms with E-state index in [0.717, 1.165) is 31.2 Å². The van der Waals surface area contributed by atoms with Crippen LogP contribution < -0.4 is 5.73 Å². The molecule has 0 unspecified atom stereocenters. The van der Waals surface area contributed by atoms with Gasteiger partial charge in [-0.3, -0.25) is 4.79 Å². The van der Waals surface area contributed by atoms with Gasteiger partial charge in [-0.1, -0.05) is 30.7 Å². The molecule has 0 aliphatic heterocycles. The molecule has 1 fully saturated rings. The molecule has 0 saturated heterocycles. The van der Waals surface area contributed by atoms with E-state index in [1.54, 1.807) is 24.1 Å². The zero-order valence-electron chi connectivity index (χ0n) is 12.4. The largest absolute Gasteiger partial charge is 0.388 e. The summed E-state index contributed by atoms with van der Waals surface area (Å²) in [6.45, 7) is 0.676. The lowest BCUT2D eigenvalue weighted by molar-refractivity contribution is 0.0157. The van der Waals surface area contributed by atoms with Crippen molar-refractivity contribution < 1.29 is 9.90 Å². The van der Waals surface area contributed by atoms with E-state index >= 15 is 0 Å². The molecule has 4 nitrogen and oxygen atoms in total. The molecule has 3 N–H and O–H groups in total. The molecule has 21 heavy (non-hydrogen) atoms. The maximum atomic E-state index is 12.4. The number of carbonyl (C=O) groups excluding carboxylic acids is 1. The fourth-order valence-corrected chi connectivity index (χ4v) is 2.81. The normalized spacial score (nSPS) is 16.1. The quantitative estimate of drug-likeness (QED) is 0.825. The van der Waals surface area contributed by atoms with Gasteiger partial charge < -0.3 is 15.7 Å². The van der Waals surface area contributed by atoms with Gasteiger partial charge in [-0.2, -0.15) is 0 Å². The van der Waals surface area contributed by atoms with Gasteiger partial charge in [0.2, 0.25) is 0 Å². The number of hydrogen-bond acceptors (Lipinski definition) is 3. The highest BCUT2D eigenvalue weighted by atomic mass is 16.3. The van der Waals surface area contributed by atoms with Crippen LogP contribution in [0.1, 0.15) is 41.6 Å². The van der Waals surface area contributed by atoms with E-state index in [-0.39, 0.29) is 5.91 Å². The van der Waals surface area contributed by atoms with E-state index in [1.807, 2.05) is 12.1 Å². The monoisotopic (exact) mass is 286 g/mol. The van der Waals surface area contributed by atoms with Crippen LogP contribution in [-0.2, 0) is 0 Å². The lowest BCUT2D eigenvalue weighted by atomic mass is 10.0. The summed E-state index contributed by atoms with van der Waals surface area (Å²) in [6.07, 6.45) is 3.60. The van der Waals surface area contributed by atoms with Crippen LogP contribution in [0.5, 0.6) is 0 Å². The molecule has 4 heteroatoms. The number of aliphatic hydroxyl groups is 1. The van der Waals surface area contributed by atoms with Gasteiger partial charge in [0, 0.05) is 24.7 Å². The maximum Gasteiger partial charge on any atom is 0.253 e. The predicted molar refractivity (Wildman–Crippen MR) is 82.8 cm³/mol. The Balaban J connectivity index is 2.08. The Morgan fingerprint density at radius 2 is 2.14 bits per heavy atom. The molecule has 1 aromatic carbocycles. The predicted octanol–water partition coefficient (Wildman–Crippen LogP) is 1.37. The molecule has 0 radical (unpaired) electrons. The Morgan fingerprint density at radius 1 is 1.43 bits per heavy atom. The molecule has 0 spiro atoms. The van der Waals surface area contributed by atoms with Crippen molar-refractivity contribution in [2.24, 2.45) is 5.73 Å². The standard InChI is InChI=1S/C17H22N2O2/c1-19(13-17(21)9-2-3-10-17)16(20)15-8-4-6-14(12-15)7-5-11-18/h4,6,8,12,21H,2-3,9-11,13,18H2,1H3. The van der Waals surface area contributed by atoms with Gasteiger partial charge in [0.05, 0.1) is 12.1 Å². The summed E-state index contributed by atoms with van der Waals surface area (Å²) in [6, 6.07) is 7.20. The Labute approximate surface area is 125 Å². The lowest BCUT2D eigenvalue weighted by Crippen LogP contribution is -2.42. The molecule has 0 atom stereocenters. The number of carbonyl (C=O) groups is 1. The molecular formula is C17H22N2O2. The Hall–Kier alpha value is -1.83. The summed E-state index contributed by atoms with van der Waals surface area (Å²) >= 11 is 0. The highest BCUT2D eigenvalue weighted by Crippen LogP contribution is 2.30. The molecule has 1 aliphatic rings. The van der Waals surface area contributed by atoms with Gasteiger partial charge in [-0.25, -0.2) is 0 Å². The van der Waals surface area contributed by atoms with Crippen molar-refractivity contribution in [2.45, 2.75) is 31.3 Å². The second-order valence-corrected chi connectivity index (χ2v) is 5.68. The van der Waals surface area contributed by atoms with Crippen LogP contribution in [0.2, 0.25) is 0 Å². The summed E-state index contributed by atoms with van der Waals surface area (Å²) in [5.74, 6) is 5.61. The molecular weight excluding hydrogens is 264 g/mol. The van der Waals surface area contributed by atoms with Crippen molar-refractivity contribution >= 4 is 5.91 Å². The highest BCUT2D eigenvalue weighted by Gasteiger charge is 2.33. The average Bonchev–Trinajstić information content (AvgIpc) is 2.90. The first kappa shape index (κ1) is 15.6. The number of nitrogens with two attached hydrogens (primary N) is 1. The van der Waals surface area contributed by atoms with Gasteiger partial charge in [0.25, 0.3) is 5.91 Å². The van der Waals surface area contributed by atoms with E-state index in [2.05, 4.69) is 11.8 Å². The number of nitrogens with zero attached hydrogens (tertiary/aromatic N) is 1. The summed E-state index contributed by atoms with van der Waals surface area (Å²) in [5.41, 5.74) is 5.99. The molecule has 112 valence electrons. The van der Waals surface area contributed by atoms with E-state index in [4.69, 9.17) is 5.73 Å². The molecule has 1 amide bonds. The minimum Gasteiger partial charge on any atom is -0.388 e. The van der Waals surface area contributed by atoms with E-state index < -0.39 is 5.60 Å². The van der Waals surface area contributed by atoms with Gasteiger partial charge in [0.15, 0.2) is 0 Å². The lowest BCUT2D eigenvalue weighted by Gasteiger charge is -2.28. The van der Waals surface area contributed by atoms with Gasteiger partial charge >= 0.3 is 0 Å². The number of likely N-dealkylation sites (N-methyl/N-ethyl adjacent to an activating group) is 1. The van der Waals surface area contributed by atoms with Crippen molar-refractivity contribution in [3.8, 4) is 11.8 Å². The third kappa shape index (κ3) is 4.07. The fourth-order valence-electron chi connectivity index (χ4n) is 2.81. The van der Waals surface area contributed by atoms with Crippen molar-refractivity contribution in [2.75, 3.05) is 20.1 Å². The summed E-state index contributed by atoms with van der Waals surface area (Å²) in [4.78, 5) is 14.0. The minimum absolute atomic E-state index is 0.0910. The van der Waals surface area contributed by atoms with Crippen LogP contribution >= 0.6 is 0 Å². The van der Waals surface area contributed by atoms with E-state index in [9.17, 15) is 9.90 Å². The minimum atomic E-state index is -0.721. The van der Waals surface area contributed by atoms with E-state index in [1.165, 1.54) is 0 Å². The first-order valence-electron chi connectivity index (χ1n) is 7.31. The Bertz CT molecular complexity index is 566. The Morgan fingerprint density at radius 3 is 2.81 bits per heavy atom. The van der Waals surface area contributed by atoms with Gasteiger partial charge in [-0.15, -0.1) is 0 Å². The van der Waals surface area contributed by atoms with Crippen LogP contribution in [0.4, 0.5) is 0 Å². The number of benzene rings is 1. The van der Waals surface area contributed by atoms with Crippen LogP contribution in [0.25, 0.3) is 0 Å². The van der Waals surface area contributed by atoms with Crippen LogP contribution in [0.3, 0.4) is 0 Å². The Kier molecular flexibility index (Phi) is 5.00. The topological polar surface area (TPSA) is 66.6 Å². The number of rotatable bonds is 3. The van der Waals surface area contributed by atoms with Crippen molar-refractivity contribution in [1.82, 2.24) is 4.90 Å². The van der Waals surface area contributed by atoms with Crippen molar-refractivity contribution in [3.63, 3.8) is 0 Å². The second kappa shape index (κ2) is 6.75. The summed E-state index contributed by atoms with van der Waals surface area (Å²) in [5, 5.41) is 10.4. The summed E-state index contributed by atoms with van der Waals surface area (Å²) in [7, 11) is 1.73. The zero-order valence-corrected chi connectivity index (χ0v) is 12.4. The SMILES string of the molecule is CN(CC1(O)CCCC1)C(=O)c1cccc(C#CCN)c1. The molecule has 2 rings (SSSR count). The van der Waals surface area contributed by atoms with Crippen LogP contribution in [0, 0.1) is 11.8 Å². The third-order valence-electron chi connectivity index (χ3n) is 3.86. The molecule has 0 aromatic heterocycles. The van der Waals surface area contributed by atoms with Crippen molar-refractivity contribution in [3.05, 3.63) is 35.4 Å². The first-order chi connectivity index (χ1) is 10.0. The van der Waals surface area contributed by atoms with Gasteiger partial charge in [-0.05, 0) is 31.0 Å². The van der Waals surface area contributed by atoms with Crippen LogP contribution in [0.15, 0.2) is 24.3 Å².